The summed E-state index contributed by atoms with van der Waals surface area (Å²) in [5, 5.41) is 0.348. The SMILES string of the molecule is Fc1ccc(OCc2cc(F)c(F)cc2F)c(CBr)c1. The van der Waals surface area contributed by atoms with Crippen molar-refractivity contribution in [2.75, 3.05) is 0 Å². The van der Waals surface area contributed by atoms with Crippen LogP contribution in [0.5, 0.6) is 5.75 Å². The van der Waals surface area contributed by atoms with Crippen molar-refractivity contribution in [1.82, 2.24) is 0 Å². The van der Waals surface area contributed by atoms with Gasteiger partial charge in [-0.2, -0.15) is 0 Å². The van der Waals surface area contributed by atoms with Gasteiger partial charge in [-0.15, -0.1) is 0 Å². The number of hydrogen-bond donors (Lipinski definition) is 0. The van der Waals surface area contributed by atoms with Gasteiger partial charge in [0, 0.05) is 22.5 Å². The Morgan fingerprint density at radius 3 is 2.25 bits per heavy atom. The van der Waals surface area contributed by atoms with Crippen molar-refractivity contribution in [1.29, 1.82) is 0 Å². The average Bonchev–Trinajstić information content (AvgIpc) is 2.42. The number of hydrogen-bond acceptors (Lipinski definition) is 1. The van der Waals surface area contributed by atoms with E-state index >= 15 is 0 Å². The summed E-state index contributed by atoms with van der Waals surface area (Å²) in [4.78, 5) is 0. The summed E-state index contributed by atoms with van der Waals surface area (Å²) in [7, 11) is 0. The van der Waals surface area contributed by atoms with Crippen LogP contribution in [0, 0.1) is 23.3 Å². The number of halogens is 5. The second-order valence-electron chi connectivity index (χ2n) is 4.03. The fourth-order valence-electron chi connectivity index (χ4n) is 1.62. The molecule has 0 aliphatic rings. The Kier molecular flexibility index (Phi) is 4.65. The third-order valence-corrected chi connectivity index (χ3v) is 3.24. The van der Waals surface area contributed by atoms with E-state index < -0.39 is 23.3 Å². The zero-order valence-corrected chi connectivity index (χ0v) is 11.7. The largest absolute Gasteiger partial charge is 0.488 e. The highest BCUT2D eigenvalue weighted by Gasteiger charge is 2.11. The third kappa shape index (κ3) is 3.30. The van der Waals surface area contributed by atoms with Crippen molar-refractivity contribution in [3.05, 3.63) is 64.7 Å². The minimum atomic E-state index is -1.26. The quantitative estimate of drug-likeness (QED) is 0.441. The molecule has 0 unspecified atom stereocenters. The molecule has 0 amide bonds. The van der Waals surface area contributed by atoms with E-state index in [1.807, 2.05) is 0 Å². The monoisotopic (exact) mass is 348 g/mol. The van der Waals surface area contributed by atoms with Crippen molar-refractivity contribution >= 4 is 15.9 Å². The number of ether oxygens (including phenoxy) is 1. The lowest BCUT2D eigenvalue weighted by Crippen LogP contribution is -2.02. The van der Waals surface area contributed by atoms with Crippen LogP contribution in [0.15, 0.2) is 30.3 Å². The normalized spacial score (nSPS) is 10.7. The first-order chi connectivity index (χ1) is 9.51. The molecule has 0 saturated carbocycles. The molecular weight excluding hydrogens is 340 g/mol. The molecule has 0 radical (unpaired) electrons. The van der Waals surface area contributed by atoms with E-state index in [0.717, 1.165) is 6.07 Å². The Morgan fingerprint density at radius 2 is 1.55 bits per heavy atom. The minimum absolute atomic E-state index is 0.117. The summed E-state index contributed by atoms with van der Waals surface area (Å²) in [5.74, 6) is -3.39. The molecule has 2 aromatic carbocycles. The van der Waals surface area contributed by atoms with Gasteiger partial charge >= 0.3 is 0 Å². The molecule has 2 aromatic rings. The summed E-state index contributed by atoms with van der Waals surface area (Å²) < 4.78 is 57.6. The molecule has 1 nitrogen and oxygen atoms in total. The number of benzene rings is 2. The van der Waals surface area contributed by atoms with E-state index in [-0.39, 0.29) is 12.2 Å². The molecule has 0 heterocycles. The van der Waals surface area contributed by atoms with E-state index in [1.54, 1.807) is 0 Å². The fourth-order valence-corrected chi connectivity index (χ4v) is 2.06. The molecule has 0 bridgehead atoms. The van der Waals surface area contributed by atoms with Gasteiger partial charge in [0.2, 0.25) is 0 Å². The van der Waals surface area contributed by atoms with Gasteiger partial charge in [0.15, 0.2) is 11.6 Å². The molecule has 0 aliphatic carbocycles. The highest BCUT2D eigenvalue weighted by molar-refractivity contribution is 9.08. The van der Waals surface area contributed by atoms with Crippen molar-refractivity contribution in [3.63, 3.8) is 0 Å². The summed E-state index contributed by atoms with van der Waals surface area (Å²) in [6.07, 6.45) is 0. The van der Waals surface area contributed by atoms with E-state index in [0.29, 0.717) is 22.7 Å². The Labute approximate surface area is 121 Å². The smallest absolute Gasteiger partial charge is 0.161 e. The molecular formula is C14H9BrF4O. The summed E-state index contributed by atoms with van der Waals surface area (Å²) >= 11 is 3.17. The van der Waals surface area contributed by atoms with Crippen molar-refractivity contribution in [2.45, 2.75) is 11.9 Å². The van der Waals surface area contributed by atoms with Crippen LogP contribution in [0.1, 0.15) is 11.1 Å². The molecule has 6 heteroatoms. The van der Waals surface area contributed by atoms with Crippen LogP contribution in [-0.4, -0.2) is 0 Å². The van der Waals surface area contributed by atoms with Gasteiger partial charge < -0.3 is 4.74 Å². The van der Waals surface area contributed by atoms with Crippen molar-refractivity contribution in [2.24, 2.45) is 0 Å². The summed E-state index contributed by atoms with van der Waals surface area (Å²) in [5.41, 5.74) is 0.418. The molecule has 106 valence electrons. The summed E-state index contributed by atoms with van der Waals surface area (Å²) in [6, 6.07) is 5.06. The zero-order valence-electron chi connectivity index (χ0n) is 10.1. The maximum Gasteiger partial charge on any atom is 0.161 e. The lowest BCUT2D eigenvalue weighted by Gasteiger charge is -2.11. The average molecular weight is 349 g/mol. The Hall–Kier alpha value is -1.56. The van der Waals surface area contributed by atoms with Crippen LogP contribution in [0.2, 0.25) is 0 Å². The zero-order chi connectivity index (χ0) is 14.7. The summed E-state index contributed by atoms with van der Waals surface area (Å²) in [6.45, 7) is -0.283. The number of rotatable bonds is 4. The van der Waals surface area contributed by atoms with Crippen LogP contribution in [-0.2, 0) is 11.9 Å². The molecule has 20 heavy (non-hydrogen) atoms. The molecule has 0 aromatic heterocycles. The van der Waals surface area contributed by atoms with E-state index in [9.17, 15) is 17.6 Å². The van der Waals surface area contributed by atoms with Crippen LogP contribution in [0.25, 0.3) is 0 Å². The predicted molar refractivity (Wildman–Crippen MR) is 69.7 cm³/mol. The topological polar surface area (TPSA) is 9.23 Å². The molecule has 0 fully saturated rings. The van der Waals surface area contributed by atoms with E-state index in [4.69, 9.17) is 4.74 Å². The lowest BCUT2D eigenvalue weighted by atomic mass is 10.2. The molecule has 0 spiro atoms. The highest BCUT2D eigenvalue weighted by Crippen LogP contribution is 2.24. The molecule has 0 atom stereocenters. The first kappa shape index (κ1) is 14.8. The van der Waals surface area contributed by atoms with Crippen LogP contribution in [0.4, 0.5) is 17.6 Å². The molecule has 0 N–H and O–H groups in total. The maximum atomic E-state index is 13.4. The second-order valence-corrected chi connectivity index (χ2v) is 4.59. The fraction of sp³-hybridized carbons (Fsp3) is 0.143. The maximum absolute atomic E-state index is 13.4. The van der Waals surface area contributed by atoms with Crippen LogP contribution < -0.4 is 4.74 Å². The standard InChI is InChI=1S/C14H9BrF4O/c15-6-8-3-10(16)1-2-14(8)20-7-9-4-12(18)13(19)5-11(9)17/h1-5H,6-7H2. The first-order valence-corrected chi connectivity index (χ1v) is 6.74. The van der Waals surface area contributed by atoms with Gasteiger partial charge in [0.05, 0.1) is 0 Å². The van der Waals surface area contributed by atoms with Gasteiger partial charge in [-0.25, -0.2) is 17.6 Å². The van der Waals surface area contributed by atoms with Crippen LogP contribution in [0.3, 0.4) is 0 Å². The molecule has 2 rings (SSSR count). The van der Waals surface area contributed by atoms with Gasteiger partial charge in [-0.1, -0.05) is 15.9 Å². The lowest BCUT2D eigenvalue weighted by molar-refractivity contribution is 0.295. The van der Waals surface area contributed by atoms with Gasteiger partial charge in [-0.05, 0) is 24.3 Å². The van der Waals surface area contributed by atoms with E-state index in [2.05, 4.69) is 15.9 Å². The Bertz CT molecular complexity index is 631. The second kappa shape index (κ2) is 6.26. The third-order valence-electron chi connectivity index (χ3n) is 2.64. The molecule has 0 aliphatic heterocycles. The van der Waals surface area contributed by atoms with Gasteiger partial charge in [0.1, 0.15) is 24.0 Å². The van der Waals surface area contributed by atoms with E-state index in [1.165, 1.54) is 18.2 Å². The van der Waals surface area contributed by atoms with Gasteiger partial charge in [0.25, 0.3) is 0 Å². The minimum Gasteiger partial charge on any atom is -0.488 e. The Balaban J connectivity index is 2.19. The van der Waals surface area contributed by atoms with Crippen molar-refractivity contribution in [3.8, 4) is 5.75 Å². The Morgan fingerprint density at radius 1 is 0.850 bits per heavy atom. The van der Waals surface area contributed by atoms with Gasteiger partial charge in [-0.3, -0.25) is 0 Å². The molecule has 0 saturated heterocycles. The van der Waals surface area contributed by atoms with Crippen LogP contribution >= 0.6 is 15.9 Å². The predicted octanol–water partition coefficient (Wildman–Crippen LogP) is 4.72. The highest BCUT2D eigenvalue weighted by atomic mass is 79.9. The first-order valence-electron chi connectivity index (χ1n) is 5.62. The van der Waals surface area contributed by atoms with Crippen molar-refractivity contribution < 1.29 is 22.3 Å². The number of alkyl halides is 1.